The molecule has 0 radical (unpaired) electrons. The summed E-state index contributed by atoms with van der Waals surface area (Å²) in [6.07, 6.45) is -2.18. The number of ether oxygens (including phenoxy) is 3. The molecule has 2 aliphatic rings. The molecule has 10 nitrogen and oxygen atoms in total. The van der Waals surface area contributed by atoms with E-state index in [0.29, 0.717) is 37.2 Å². The monoisotopic (exact) mass is 552 g/mol. The van der Waals surface area contributed by atoms with Crippen LogP contribution in [0.4, 0.5) is 5.69 Å². The number of aliphatic hydroxyl groups is 1. The second-order valence-electron chi connectivity index (χ2n) is 11.0. The zero-order valence-electron chi connectivity index (χ0n) is 23.1. The summed E-state index contributed by atoms with van der Waals surface area (Å²) >= 11 is 0. The third-order valence-electron chi connectivity index (χ3n) is 6.80. The van der Waals surface area contributed by atoms with Gasteiger partial charge in [0.2, 0.25) is 0 Å². The van der Waals surface area contributed by atoms with Crippen LogP contribution in [0.5, 0.6) is 0 Å². The van der Waals surface area contributed by atoms with Gasteiger partial charge in [0.15, 0.2) is 12.2 Å². The number of hydrogen-bond donors (Lipinski definition) is 1. The molecule has 2 saturated heterocycles. The smallest absolute Gasteiger partial charge is 0.338 e. The second-order valence-corrected chi connectivity index (χ2v) is 11.0. The highest BCUT2D eigenvalue weighted by molar-refractivity contribution is 6.02. The summed E-state index contributed by atoms with van der Waals surface area (Å²) in [7, 11) is 0. The third-order valence-corrected chi connectivity index (χ3v) is 6.80. The number of nitrogens with zero attached hydrogens (tertiary/aromatic N) is 2. The van der Waals surface area contributed by atoms with Crippen LogP contribution in [0.3, 0.4) is 0 Å². The molecule has 2 amide bonds. The Morgan fingerprint density at radius 3 is 2.40 bits per heavy atom. The van der Waals surface area contributed by atoms with Gasteiger partial charge in [-0.15, -0.1) is 0 Å². The SMILES string of the molecule is CC(C)(C)OC(=O)[C@H](O)[C@H]1OCCN(c2cccc(C(=O)N3CCC(C(=O)OCc4ccccc4)CC3)c2)C1=O. The van der Waals surface area contributed by atoms with Crippen molar-refractivity contribution in [3.05, 3.63) is 65.7 Å². The first-order valence-electron chi connectivity index (χ1n) is 13.5. The first kappa shape index (κ1) is 29.2. The van der Waals surface area contributed by atoms with Crippen molar-refractivity contribution >= 4 is 29.4 Å². The molecule has 40 heavy (non-hydrogen) atoms. The fourth-order valence-corrected chi connectivity index (χ4v) is 4.73. The molecule has 0 bridgehead atoms. The Balaban J connectivity index is 1.35. The Hall–Kier alpha value is -3.76. The van der Waals surface area contributed by atoms with Crippen molar-refractivity contribution in [3.8, 4) is 0 Å². The lowest BCUT2D eigenvalue weighted by Crippen LogP contribution is -2.55. The molecule has 4 rings (SSSR count). The van der Waals surface area contributed by atoms with Crippen LogP contribution in [-0.2, 0) is 35.2 Å². The Labute approximate surface area is 233 Å². The standard InChI is InChI=1S/C30H36N2O8/c1-30(2,3)40-29(37)24(33)25-27(35)32(16-17-38-25)23-11-7-10-22(18-23)26(34)31-14-12-21(13-15-31)28(36)39-19-20-8-5-4-6-9-20/h4-11,18,21,24-25,33H,12-17,19H2,1-3H3/t24-,25-/m1/s1. The summed E-state index contributed by atoms with van der Waals surface area (Å²) in [4.78, 5) is 54.4. The number of morpholine rings is 1. The van der Waals surface area contributed by atoms with E-state index in [1.807, 2.05) is 30.3 Å². The van der Waals surface area contributed by atoms with E-state index in [1.54, 1.807) is 49.9 Å². The number of hydrogen-bond acceptors (Lipinski definition) is 8. The van der Waals surface area contributed by atoms with Gasteiger partial charge in [0.25, 0.3) is 11.8 Å². The highest BCUT2D eigenvalue weighted by Gasteiger charge is 2.41. The molecule has 214 valence electrons. The van der Waals surface area contributed by atoms with Crippen LogP contribution in [0.1, 0.15) is 49.5 Å². The summed E-state index contributed by atoms with van der Waals surface area (Å²) in [5.74, 6) is -2.26. The number of benzene rings is 2. The molecule has 2 fully saturated rings. The summed E-state index contributed by atoms with van der Waals surface area (Å²) in [5, 5.41) is 10.5. The number of amides is 2. The van der Waals surface area contributed by atoms with Crippen molar-refractivity contribution in [3.63, 3.8) is 0 Å². The van der Waals surface area contributed by atoms with Crippen molar-refractivity contribution in [1.29, 1.82) is 0 Å². The van der Waals surface area contributed by atoms with Crippen LogP contribution in [0.15, 0.2) is 54.6 Å². The first-order chi connectivity index (χ1) is 19.0. The summed E-state index contributed by atoms with van der Waals surface area (Å²) in [6.45, 7) is 6.33. The van der Waals surface area contributed by atoms with Crippen molar-refractivity contribution < 1.29 is 38.5 Å². The number of carbonyl (C=O) groups excluding carboxylic acids is 4. The highest BCUT2D eigenvalue weighted by Crippen LogP contribution is 2.25. The topological polar surface area (TPSA) is 123 Å². The Bertz CT molecular complexity index is 1220. The van der Waals surface area contributed by atoms with E-state index in [9.17, 15) is 24.3 Å². The molecular formula is C30H36N2O8. The maximum absolute atomic E-state index is 13.3. The maximum atomic E-state index is 13.3. The second kappa shape index (κ2) is 12.6. The van der Waals surface area contributed by atoms with E-state index < -0.39 is 29.7 Å². The molecule has 0 unspecified atom stereocenters. The van der Waals surface area contributed by atoms with E-state index in [-0.39, 0.29) is 37.6 Å². The Kier molecular flexibility index (Phi) is 9.21. The minimum atomic E-state index is -1.78. The average molecular weight is 553 g/mol. The zero-order valence-corrected chi connectivity index (χ0v) is 23.1. The van der Waals surface area contributed by atoms with Crippen molar-refractivity contribution in [2.24, 2.45) is 5.92 Å². The minimum Gasteiger partial charge on any atom is -0.461 e. The average Bonchev–Trinajstić information content (AvgIpc) is 2.95. The van der Waals surface area contributed by atoms with Gasteiger partial charge in [0.05, 0.1) is 12.5 Å². The molecule has 0 aromatic heterocycles. The number of aliphatic hydroxyl groups excluding tert-OH is 1. The molecular weight excluding hydrogens is 516 g/mol. The number of carbonyl (C=O) groups is 4. The van der Waals surface area contributed by atoms with Gasteiger partial charge in [-0.3, -0.25) is 14.4 Å². The first-order valence-corrected chi connectivity index (χ1v) is 13.5. The van der Waals surface area contributed by atoms with E-state index in [4.69, 9.17) is 14.2 Å². The summed E-state index contributed by atoms with van der Waals surface area (Å²) < 4.78 is 16.1. The molecule has 2 heterocycles. The molecule has 10 heteroatoms. The van der Waals surface area contributed by atoms with Crippen LogP contribution in [-0.4, -0.2) is 77.8 Å². The van der Waals surface area contributed by atoms with Gasteiger partial charge in [-0.25, -0.2) is 4.79 Å². The lowest BCUT2D eigenvalue weighted by atomic mass is 9.96. The quantitative estimate of drug-likeness (QED) is 0.521. The molecule has 1 N–H and O–H groups in total. The lowest BCUT2D eigenvalue weighted by Gasteiger charge is -2.35. The molecule has 0 saturated carbocycles. The van der Waals surface area contributed by atoms with E-state index in [2.05, 4.69) is 0 Å². The molecule has 0 spiro atoms. The molecule has 2 atom stereocenters. The largest absolute Gasteiger partial charge is 0.461 e. The van der Waals surface area contributed by atoms with Gasteiger partial charge >= 0.3 is 11.9 Å². The lowest BCUT2D eigenvalue weighted by molar-refractivity contribution is -0.177. The van der Waals surface area contributed by atoms with Gasteiger partial charge in [-0.05, 0) is 57.4 Å². The molecule has 0 aliphatic carbocycles. The summed E-state index contributed by atoms with van der Waals surface area (Å²) in [6, 6.07) is 16.1. The molecule has 2 aliphatic heterocycles. The Morgan fingerprint density at radius 2 is 1.73 bits per heavy atom. The van der Waals surface area contributed by atoms with Crippen LogP contribution >= 0.6 is 0 Å². The normalized spacial score (nSPS) is 19.2. The van der Waals surface area contributed by atoms with Crippen LogP contribution < -0.4 is 4.90 Å². The van der Waals surface area contributed by atoms with Gasteiger partial charge < -0.3 is 29.1 Å². The maximum Gasteiger partial charge on any atom is 0.338 e. The Morgan fingerprint density at radius 1 is 1.02 bits per heavy atom. The van der Waals surface area contributed by atoms with Crippen molar-refractivity contribution in [2.45, 2.75) is 58.0 Å². The van der Waals surface area contributed by atoms with Gasteiger partial charge in [0.1, 0.15) is 12.2 Å². The predicted octanol–water partition coefficient (Wildman–Crippen LogP) is 2.72. The van der Waals surface area contributed by atoms with Crippen LogP contribution in [0.25, 0.3) is 0 Å². The van der Waals surface area contributed by atoms with E-state index in [1.165, 1.54) is 4.90 Å². The molecule has 2 aromatic carbocycles. The van der Waals surface area contributed by atoms with Gasteiger partial charge in [0, 0.05) is 30.9 Å². The van der Waals surface area contributed by atoms with Crippen LogP contribution in [0.2, 0.25) is 0 Å². The van der Waals surface area contributed by atoms with E-state index in [0.717, 1.165) is 5.56 Å². The number of likely N-dealkylation sites (tertiary alicyclic amines) is 1. The predicted molar refractivity (Wildman–Crippen MR) is 145 cm³/mol. The fraction of sp³-hybridized carbons (Fsp3) is 0.467. The van der Waals surface area contributed by atoms with Gasteiger partial charge in [-0.2, -0.15) is 0 Å². The third kappa shape index (κ3) is 7.25. The van der Waals surface area contributed by atoms with Crippen LogP contribution in [0, 0.1) is 5.92 Å². The fourth-order valence-electron chi connectivity index (χ4n) is 4.73. The minimum absolute atomic E-state index is 0.0995. The highest BCUT2D eigenvalue weighted by atomic mass is 16.6. The van der Waals surface area contributed by atoms with Crippen molar-refractivity contribution in [2.75, 3.05) is 31.1 Å². The summed E-state index contributed by atoms with van der Waals surface area (Å²) in [5.41, 5.74) is 0.944. The number of piperidine rings is 1. The van der Waals surface area contributed by atoms with E-state index >= 15 is 0 Å². The van der Waals surface area contributed by atoms with Gasteiger partial charge in [-0.1, -0.05) is 36.4 Å². The molecule has 2 aromatic rings. The number of rotatable bonds is 7. The number of anilines is 1. The van der Waals surface area contributed by atoms with Crippen molar-refractivity contribution in [1.82, 2.24) is 4.90 Å². The zero-order chi connectivity index (χ0) is 28.9. The number of esters is 2.